The quantitative estimate of drug-likeness (QED) is 0.912. The van der Waals surface area contributed by atoms with Crippen molar-refractivity contribution in [1.82, 2.24) is 5.32 Å². The Morgan fingerprint density at radius 2 is 1.86 bits per heavy atom. The Labute approximate surface area is 123 Å². The van der Waals surface area contributed by atoms with E-state index in [1.807, 2.05) is 30.3 Å². The Morgan fingerprint density at radius 1 is 1.00 bits per heavy atom. The first-order valence-corrected chi connectivity index (χ1v) is 7.27. The van der Waals surface area contributed by atoms with Crippen LogP contribution in [0.5, 0.6) is 23.0 Å². The van der Waals surface area contributed by atoms with Gasteiger partial charge < -0.3 is 19.5 Å². The summed E-state index contributed by atoms with van der Waals surface area (Å²) in [5.41, 5.74) is 1.24. The molecule has 0 spiro atoms. The van der Waals surface area contributed by atoms with E-state index in [4.69, 9.17) is 14.2 Å². The van der Waals surface area contributed by atoms with E-state index in [9.17, 15) is 0 Å². The van der Waals surface area contributed by atoms with E-state index in [0.717, 1.165) is 29.5 Å². The van der Waals surface area contributed by atoms with Crippen LogP contribution in [0.15, 0.2) is 42.5 Å². The third-order valence-electron chi connectivity index (χ3n) is 3.65. The van der Waals surface area contributed by atoms with Crippen LogP contribution in [-0.4, -0.2) is 12.8 Å². The van der Waals surface area contributed by atoms with Crippen molar-refractivity contribution < 1.29 is 14.2 Å². The Morgan fingerprint density at radius 3 is 2.76 bits per heavy atom. The number of benzene rings is 2. The van der Waals surface area contributed by atoms with Crippen molar-refractivity contribution in [2.24, 2.45) is 0 Å². The molecule has 108 valence electrons. The van der Waals surface area contributed by atoms with Crippen LogP contribution < -0.4 is 19.5 Å². The average molecular weight is 283 g/mol. The number of hydrogen-bond donors (Lipinski definition) is 1. The largest absolute Gasteiger partial charge is 0.457 e. The molecule has 4 heteroatoms. The summed E-state index contributed by atoms with van der Waals surface area (Å²) in [6.45, 7) is 1.17. The zero-order valence-corrected chi connectivity index (χ0v) is 11.7. The van der Waals surface area contributed by atoms with Crippen LogP contribution in [-0.2, 0) is 6.54 Å². The third-order valence-corrected chi connectivity index (χ3v) is 3.65. The van der Waals surface area contributed by atoms with Crippen molar-refractivity contribution in [3.63, 3.8) is 0 Å². The fourth-order valence-electron chi connectivity index (χ4n) is 2.35. The summed E-state index contributed by atoms with van der Waals surface area (Å²) >= 11 is 0. The molecule has 0 aromatic heterocycles. The Hall–Kier alpha value is -2.20. The van der Waals surface area contributed by atoms with Crippen molar-refractivity contribution in [2.45, 2.75) is 25.4 Å². The predicted molar refractivity (Wildman–Crippen MR) is 78.9 cm³/mol. The Kier molecular flexibility index (Phi) is 3.16. The van der Waals surface area contributed by atoms with Gasteiger partial charge in [-0.1, -0.05) is 12.1 Å². The van der Waals surface area contributed by atoms with Crippen LogP contribution in [0, 0.1) is 0 Å². The van der Waals surface area contributed by atoms with Gasteiger partial charge in [0.1, 0.15) is 11.5 Å². The van der Waals surface area contributed by atoms with Crippen LogP contribution in [0.2, 0.25) is 0 Å². The highest BCUT2D eigenvalue weighted by atomic mass is 16.7. The summed E-state index contributed by atoms with van der Waals surface area (Å²) in [5.74, 6) is 3.10. The van der Waals surface area contributed by atoms with Gasteiger partial charge in [-0.05, 0) is 42.7 Å². The van der Waals surface area contributed by atoms with Gasteiger partial charge >= 0.3 is 0 Å². The Bertz CT molecular complexity index is 652. The summed E-state index contributed by atoms with van der Waals surface area (Å²) in [7, 11) is 0. The lowest BCUT2D eigenvalue weighted by atomic mass is 10.2. The molecular weight excluding hydrogens is 266 g/mol. The third kappa shape index (κ3) is 2.95. The second kappa shape index (κ2) is 5.30. The smallest absolute Gasteiger partial charge is 0.231 e. The first kappa shape index (κ1) is 12.5. The van der Waals surface area contributed by atoms with E-state index in [2.05, 4.69) is 17.4 Å². The molecule has 1 heterocycles. The molecule has 4 nitrogen and oxygen atoms in total. The normalized spacial score (nSPS) is 16.0. The first-order chi connectivity index (χ1) is 10.4. The van der Waals surface area contributed by atoms with Crippen LogP contribution in [0.25, 0.3) is 0 Å². The maximum atomic E-state index is 5.90. The maximum absolute atomic E-state index is 5.90. The van der Waals surface area contributed by atoms with Gasteiger partial charge in [-0.25, -0.2) is 0 Å². The van der Waals surface area contributed by atoms with Crippen LogP contribution in [0.3, 0.4) is 0 Å². The van der Waals surface area contributed by atoms with Gasteiger partial charge in [-0.15, -0.1) is 0 Å². The van der Waals surface area contributed by atoms with Crippen molar-refractivity contribution in [1.29, 1.82) is 0 Å². The summed E-state index contributed by atoms with van der Waals surface area (Å²) in [6, 6.07) is 14.5. The topological polar surface area (TPSA) is 39.7 Å². The molecule has 1 aliphatic carbocycles. The summed E-state index contributed by atoms with van der Waals surface area (Å²) in [4.78, 5) is 0. The van der Waals surface area contributed by atoms with Gasteiger partial charge in [0.15, 0.2) is 11.5 Å². The van der Waals surface area contributed by atoms with Crippen LogP contribution >= 0.6 is 0 Å². The van der Waals surface area contributed by atoms with Crippen molar-refractivity contribution in [3.8, 4) is 23.0 Å². The first-order valence-electron chi connectivity index (χ1n) is 7.27. The maximum Gasteiger partial charge on any atom is 0.231 e. The van der Waals surface area contributed by atoms with Crippen molar-refractivity contribution in [3.05, 3.63) is 48.0 Å². The van der Waals surface area contributed by atoms with Gasteiger partial charge in [0.2, 0.25) is 6.79 Å². The monoisotopic (exact) mass is 283 g/mol. The van der Waals surface area contributed by atoms with E-state index in [1.54, 1.807) is 0 Å². The lowest BCUT2D eigenvalue weighted by Crippen LogP contribution is -2.15. The van der Waals surface area contributed by atoms with Gasteiger partial charge in [-0.2, -0.15) is 0 Å². The molecule has 0 radical (unpaired) electrons. The van der Waals surface area contributed by atoms with Gasteiger partial charge in [0.25, 0.3) is 0 Å². The molecule has 2 aliphatic rings. The highest BCUT2D eigenvalue weighted by Gasteiger charge is 2.20. The van der Waals surface area contributed by atoms with Crippen LogP contribution in [0.1, 0.15) is 18.4 Å². The molecule has 0 amide bonds. The molecule has 2 aromatic rings. The van der Waals surface area contributed by atoms with Crippen LogP contribution in [0.4, 0.5) is 0 Å². The van der Waals surface area contributed by atoms with Gasteiger partial charge in [0.05, 0.1) is 0 Å². The minimum absolute atomic E-state index is 0.279. The highest BCUT2D eigenvalue weighted by Crippen LogP contribution is 2.36. The lowest BCUT2D eigenvalue weighted by molar-refractivity contribution is 0.174. The number of nitrogens with one attached hydrogen (secondary N) is 1. The molecule has 21 heavy (non-hydrogen) atoms. The molecule has 0 bridgehead atoms. The van der Waals surface area contributed by atoms with Gasteiger partial charge in [-0.3, -0.25) is 0 Å². The number of rotatable bonds is 5. The number of ether oxygens (including phenoxy) is 3. The van der Waals surface area contributed by atoms with E-state index < -0.39 is 0 Å². The second-order valence-corrected chi connectivity index (χ2v) is 5.42. The molecule has 0 saturated heterocycles. The second-order valence-electron chi connectivity index (χ2n) is 5.42. The molecule has 0 atom stereocenters. The predicted octanol–water partition coefficient (Wildman–Crippen LogP) is 3.46. The summed E-state index contributed by atoms with van der Waals surface area (Å²) < 4.78 is 16.6. The zero-order valence-electron chi connectivity index (χ0n) is 11.7. The van der Waals surface area contributed by atoms with Gasteiger partial charge in [0, 0.05) is 18.7 Å². The van der Waals surface area contributed by atoms with E-state index in [-0.39, 0.29) is 6.79 Å². The SMILES string of the molecule is c1cc(CNC2CC2)cc(Oc2ccc3c(c2)OCO3)c1. The molecule has 4 rings (SSSR count). The summed E-state index contributed by atoms with van der Waals surface area (Å²) in [5, 5.41) is 3.51. The molecule has 0 unspecified atom stereocenters. The number of hydrogen-bond acceptors (Lipinski definition) is 4. The molecule has 2 aromatic carbocycles. The van der Waals surface area contributed by atoms with E-state index in [0.29, 0.717) is 6.04 Å². The highest BCUT2D eigenvalue weighted by molar-refractivity contribution is 5.48. The molecule has 1 fully saturated rings. The fraction of sp³-hybridized carbons (Fsp3) is 0.294. The summed E-state index contributed by atoms with van der Waals surface area (Å²) in [6.07, 6.45) is 2.60. The molecule has 1 N–H and O–H groups in total. The minimum Gasteiger partial charge on any atom is -0.457 e. The Balaban J connectivity index is 1.47. The fourth-order valence-corrected chi connectivity index (χ4v) is 2.35. The minimum atomic E-state index is 0.279. The van der Waals surface area contributed by atoms with E-state index in [1.165, 1.54) is 18.4 Å². The van der Waals surface area contributed by atoms with Crippen molar-refractivity contribution >= 4 is 0 Å². The number of fused-ring (bicyclic) bond motifs is 1. The zero-order chi connectivity index (χ0) is 14.1. The van der Waals surface area contributed by atoms with Crippen molar-refractivity contribution in [2.75, 3.05) is 6.79 Å². The molecule has 1 saturated carbocycles. The van der Waals surface area contributed by atoms with E-state index >= 15 is 0 Å². The molecular formula is C17H17NO3. The lowest BCUT2D eigenvalue weighted by Gasteiger charge is -2.09. The average Bonchev–Trinajstić information content (AvgIpc) is 3.22. The standard InChI is InChI=1S/C17H17NO3/c1-2-12(10-18-13-4-5-13)8-14(3-1)21-15-6-7-16-17(9-15)20-11-19-16/h1-3,6-9,13,18H,4-5,10-11H2. The molecule has 1 aliphatic heterocycles.